The molecule has 0 aromatic rings. The van der Waals surface area contributed by atoms with Crippen molar-refractivity contribution in [3.63, 3.8) is 0 Å². The van der Waals surface area contributed by atoms with Gasteiger partial charge in [-0.15, -0.1) is 0 Å². The number of methoxy groups -OCH3 is 1. The van der Waals surface area contributed by atoms with E-state index in [-0.39, 0.29) is 19.1 Å². The van der Waals surface area contributed by atoms with Crippen LogP contribution in [0.1, 0.15) is 34.1 Å². The number of alkyl halides is 3. The highest BCUT2D eigenvalue weighted by atomic mass is 19.4. The van der Waals surface area contributed by atoms with Crippen LogP contribution < -0.4 is 5.32 Å². The highest BCUT2D eigenvalue weighted by Crippen LogP contribution is 2.23. The summed E-state index contributed by atoms with van der Waals surface area (Å²) in [6, 6.07) is -0.0101. The number of nitrogens with one attached hydrogen (secondary N) is 1. The van der Waals surface area contributed by atoms with E-state index >= 15 is 0 Å². The first kappa shape index (κ1) is 18.2. The van der Waals surface area contributed by atoms with Crippen LogP contribution in [0.2, 0.25) is 0 Å². The number of carbonyl (C=O) groups excluding carboxylic acids is 1. The van der Waals surface area contributed by atoms with Gasteiger partial charge in [-0.25, -0.2) is 0 Å². The van der Waals surface area contributed by atoms with E-state index in [9.17, 15) is 18.0 Å². The molecule has 0 aliphatic rings. The summed E-state index contributed by atoms with van der Waals surface area (Å²) in [5, 5.41) is 2.98. The monoisotopic (exact) mass is 285 g/mol. The summed E-state index contributed by atoms with van der Waals surface area (Å²) >= 11 is 0. The second kappa shape index (κ2) is 7.09. The third kappa shape index (κ3) is 6.24. The minimum absolute atomic E-state index is 0.0101. The van der Waals surface area contributed by atoms with Gasteiger partial charge >= 0.3 is 12.1 Å². The van der Waals surface area contributed by atoms with Crippen LogP contribution in [0.15, 0.2) is 0 Å². The number of halogens is 3. The molecular formula is C12H22F3NO3. The summed E-state index contributed by atoms with van der Waals surface area (Å²) in [4.78, 5) is 11.7. The van der Waals surface area contributed by atoms with Crippen molar-refractivity contribution in [3.8, 4) is 0 Å². The number of rotatable bonds is 7. The van der Waals surface area contributed by atoms with Gasteiger partial charge in [0, 0.05) is 12.6 Å². The first-order chi connectivity index (χ1) is 8.53. The number of carbonyl (C=O) groups is 1. The molecule has 19 heavy (non-hydrogen) atoms. The Kier molecular flexibility index (Phi) is 6.79. The molecule has 4 nitrogen and oxygen atoms in total. The molecule has 0 aliphatic heterocycles. The lowest BCUT2D eigenvalue weighted by Gasteiger charge is -2.30. The first-order valence-electron chi connectivity index (χ1n) is 6.07. The molecule has 7 heteroatoms. The van der Waals surface area contributed by atoms with Crippen LogP contribution in [0.25, 0.3) is 0 Å². The topological polar surface area (TPSA) is 47.6 Å². The van der Waals surface area contributed by atoms with Gasteiger partial charge < -0.3 is 9.47 Å². The predicted octanol–water partition coefficient (Wildman–Crippen LogP) is 2.27. The lowest BCUT2D eigenvalue weighted by molar-refractivity contribution is -0.215. The molecule has 0 heterocycles. The van der Waals surface area contributed by atoms with Gasteiger partial charge in [-0.05, 0) is 34.1 Å². The lowest BCUT2D eigenvalue weighted by atomic mass is 9.97. The van der Waals surface area contributed by atoms with Crippen molar-refractivity contribution in [1.82, 2.24) is 5.32 Å². The minimum Gasteiger partial charge on any atom is -0.468 e. The molecule has 0 rings (SSSR count). The standard InChI is InChI=1S/C12H22F3NO3/c1-8(2)16-11(4,10(17)18-5)6-7-19-9(3)12(13,14)15/h8-9,16H,6-7H2,1-5H3. The maximum atomic E-state index is 12.3. The Labute approximate surface area is 111 Å². The van der Waals surface area contributed by atoms with E-state index in [1.54, 1.807) is 6.92 Å². The smallest absolute Gasteiger partial charge is 0.414 e. The molecule has 0 aromatic carbocycles. The molecule has 0 bridgehead atoms. The SMILES string of the molecule is COC(=O)C(C)(CCOC(C)C(F)(F)F)NC(C)C. The summed E-state index contributed by atoms with van der Waals surface area (Å²) < 4.78 is 46.2. The van der Waals surface area contributed by atoms with Gasteiger partial charge in [0.15, 0.2) is 6.10 Å². The third-order valence-corrected chi connectivity index (χ3v) is 2.67. The molecule has 0 fully saturated rings. The molecule has 0 radical (unpaired) electrons. The van der Waals surface area contributed by atoms with Crippen molar-refractivity contribution in [2.24, 2.45) is 0 Å². The Morgan fingerprint density at radius 1 is 1.26 bits per heavy atom. The third-order valence-electron chi connectivity index (χ3n) is 2.67. The van der Waals surface area contributed by atoms with Crippen LogP contribution in [-0.2, 0) is 14.3 Å². The van der Waals surface area contributed by atoms with E-state index in [1.165, 1.54) is 7.11 Å². The van der Waals surface area contributed by atoms with Crippen LogP contribution in [0.3, 0.4) is 0 Å². The molecule has 0 aliphatic carbocycles. The van der Waals surface area contributed by atoms with Gasteiger partial charge in [0.05, 0.1) is 7.11 Å². The normalized spacial score (nSPS) is 17.1. The Bertz CT molecular complexity index is 294. The van der Waals surface area contributed by atoms with E-state index in [0.29, 0.717) is 0 Å². The minimum atomic E-state index is -4.40. The summed E-state index contributed by atoms with van der Waals surface area (Å²) in [7, 11) is 1.24. The largest absolute Gasteiger partial charge is 0.468 e. The number of ether oxygens (including phenoxy) is 2. The van der Waals surface area contributed by atoms with E-state index in [2.05, 4.69) is 10.1 Å². The Hall–Kier alpha value is -0.820. The summed E-state index contributed by atoms with van der Waals surface area (Å²) in [6.07, 6.45) is -6.15. The van der Waals surface area contributed by atoms with Gasteiger partial charge in [-0.2, -0.15) is 13.2 Å². The fourth-order valence-electron chi connectivity index (χ4n) is 1.63. The van der Waals surface area contributed by atoms with Crippen LogP contribution in [0, 0.1) is 0 Å². The zero-order valence-electron chi connectivity index (χ0n) is 11.9. The number of hydrogen-bond donors (Lipinski definition) is 1. The quantitative estimate of drug-likeness (QED) is 0.729. The van der Waals surface area contributed by atoms with Gasteiger partial charge in [0.2, 0.25) is 0 Å². The maximum Gasteiger partial charge on any atom is 0.414 e. The van der Waals surface area contributed by atoms with Crippen LogP contribution >= 0.6 is 0 Å². The van der Waals surface area contributed by atoms with E-state index in [0.717, 1.165) is 6.92 Å². The zero-order valence-corrected chi connectivity index (χ0v) is 11.9. The Morgan fingerprint density at radius 2 is 1.79 bits per heavy atom. The molecule has 0 saturated carbocycles. The van der Waals surface area contributed by atoms with Crippen LogP contribution in [-0.4, -0.2) is 43.5 Å². The second-order valence-electron chi connectivity index (χ2n) is 4.93. The van der Waals surface area contributed by atoms with Crippen molar-refractivity contribution in [1.29, 1.82) is 0 Å². The number of esters is 1. The van der Waals surface area contributed by atoms with E-state index < -0.39 is 23.8 Å². The summed E-state index contributed by atoms with van der Waals surface area (Å²) in [5.41, 5.74) is -1.06. The summed E-state index contributed by atoms with van der Waals surface area (Å²) in [6.45, 7) is 6.00. The molecule has 0 spiro atoms. The van der Waals surface area contributed by atoms with Gasteiger partial charge in [-0.1, -0.05) is 0 Å². The molecule has 0 saturated heterocycles. The van der Waals surface area contributed by atoms with Gasteiger partial charge in [0.1, 0.15) is 5.54 Å². The molecule has 2 unspecified atom stereocenters. The molecule has 114 valence electrons. The molecule has 1 N–H and O–H groups in total. The highest BCUT2D eigenvalue weighted by Gasteiger charge is 2.39. The van der Waals surface area contributed by atoms with Crippen molar-refractivity contribution >= 4 is 5.97 Å². The highest BCUT2D eigenvalue weighted by molar-refractivity contribution is 5.80. The van der Waals surface area contributed by atoms with Crippen molar-refractivity contribution in [3.05, 3.63) is 0 Å². The molecular weight excluding hydrogens is 263 g/mol. The fraction of sp³-hybridized carbons (Fsp3) is 0.917. The second-order valence-corrected chi connectivity index (χ2v) is 4.93. The molecule has 0 aromatic heterocycles. The predicted molar refractivity (Wildman–Crippen MR) is 64.8 cm³/mol. The van der Waals surface area contributed by atoms with E-state index in [4.69, 9.17) is 4.74 Å². The van der Waals surface area contributed by atoms with Crippen molar-refractivity contribution in [2.75, 3.05) is 13.7 Å². The van der Waals surface area contributed by atoms with E-state index in [1.807, 2.05) is 13.8 Å². The lowest BCUT2D eigenvalue weighted by Crippen LogP contribution is -2.53. The maximum absolute atomic E-state index is 12.3. The number of hydrogen-bond acceptors (Lipinski definition) is 4. The Morgan fingerprint density at radius 3 is 2.16 bits per heavy atom. The fourth-order valence-corrected chi connectivity index (χ4v) is 1.63. The van der Waals surface area contributed by atoms with Crippen LogP contribution in [0.4, 0.5) is 13.2 Å². The first-order valence-corrected chi connectivity index (χ1v) is 6.07. The average Bonchev–Trinajstić information content (AvgIpc) is 2.25. The average molecular weight is 285 g/mol. The molecule has 0 amide bonds. The van der Waals surface area contributed by atoms with Gasteiger partial charge in [0.25, 0.3) is 0 Å². The Balaban J connectivity index is 4.48. The van der Waals surface area contributed by atoms with Crippen LogP contribution in [0.5, 0.6) is 0 Å². The zero-order chi connectivity index (χ0) is 15.3. The van der Waals surface area contributed by atoms with Crippen molar-refractivity contribution < 1.29 is 27.4 Å². The molecule has 2 atom stereocenters. The van der Waals surface area contributed by atoms with Crippen molar-refractivity contribution in [2.45, 2.75) is 58.0 Å². The summed E-state index contributed by atoms with van der Waals surface area (Å²) in [5.74, 6) is -0.524. The van der Waals surface area contributed by atoms with Gasteiger partial charge in [-0.3, -0.25) is 10.1 Å².